The molecule has 0 bridgehead atoms. The minimum absolute atomic E-state index is 0.0199. The predicted octanol–water partition coefficient (Wildman–Crippen LogP) is 6.59. The second-order valence-corrected chi connectivity index (χ2v) is 7.47. The number of hydrogen-bond donors (Lipinski definition) is 2. The van der Waals surface area contributed by atoms with Gasteiger partial charge in [-0.2, -0.15) is 0 Å². The molecule has 0 aliphatic carbocycles. The van der Waals surface area contributed by atoms with Gasteiger partial charge in [-0.1, -0.05) is 40.9 Å². The van der Waals surface area contributed by atoms with E-state index in [9.17, 15) is 28.5 Å². The lowest BCUT2D eigenvalue weighted by Crippen LogP contribution is -2.35. The van der Waals surface area contributed by atoms with Crippen molar-refractivity contribution in [2.45, 2.75) is 0 Å². The number of ether oxygens (including phenoxy) is 1. The topological polar surface area (TPSA) is 111 Å². The minimum atomic E-state index is -1.30. The van der Waals surface area contributed by atoms with Crippen molar-refractivity contribution < 1.29 is 28.0 Å². The summed E-state index contributed by atoms with van der Waals surface area (Å²) in [6.45, 7) is 0. The summed E-state index contributed by atoms with van der Waals surface area (Å²) in [5.74, 6) is -3.62. The molecular formula is C20H10Cl3F2N3O5. The Balaban J connectivity index is 1.74. The molecule has 0 radical (unpaired) electrons. The molecule has 0 saturated heterocycles. The number of amides is 3. The van der Waals surface area contributed by atoms with Crippen LogP contribution < -0.4 is 15.4 Å². The Morgan fingerprint density at radius 3 is 2.09 bits per heavy atom. The van der Waals surface area contributed by atoms with Crippen molar-refractivity contribution in [3.8, 4) is 11.5 Å². The molecule has 13 heteroatoms. The number of anilines is 1. The fraction of sp³-hybridized carbons (Fsp3) is 0. The van der Waals surface area contributed by atoms with Crippen LogP contribution in [0.3, 0.4) is 0 Å². The molecule has 170 valence electrons. The van der Waals surface area contributed by atoms with Crippen LogP contribution in [0.25, 0.3) is 0 Å². The number of hydrogen-bond acceptors (Lipinski definition) is 5. The quantitative estimate of drug-likeness (QED) is 0.294. The first-order chi connectivity index (χ1) is 15.6. The van der Waals surface area contributed by atoms with E-state index in [1.807, 2.05) is 0 Å². The van der Waals surface area contributed by atoms with Gasteiger partial charge < -0.3 is 10.1 Å². The predicted molar refractivity (Wildman–Crippen MR) is 117 cm³/mol. The number of nitro benzene ring substituents is 1. The van der Waals surface area contributed by atoms with Gasteiger partial charge in [-0.05, 0) is 30.3 Å². The number of nitrogens with zero attached hydrogens (tertiary/aromatic N) is 1. The van der Waals surface area contributed by atoms with Crippen molar-refractivity contribution in [3.05, 3.63) is 90.9 Å². The highest BCUT2D eigenvalue weighted by Crippen LogP contribution is 2.41. The molecule has 0 aliphatic heterocycles. The van der Waals surface area contributed by atoms with Crippen LogP contribution in [0.5, 0.6) is 11.5 Å². The first kappa shape index (κ1) is 24.2. The van der Waals surface area contributed by atoms with Gasteiger partial charge in [0.15, 0.2) is 5.75 Å². The third-order valence-electron chi connectivity index (χ3n) is 4.01. The van der Waals surface area contributed by atoms with Crippen molar-refractivity contribution >= 4 is 58.1 Å². The lowest BCUT2D eigenvalue weighted by Gasteiger charge is -2.13. The second-order valence-electron chi connectivity index (χ2n) is 6.25. The van der Waals surface area contributed by atoms with Crippen LogP contribution in [0.2, 0.25) is 15.1 Å². The molecule has 0 aromatic heterocycles. The van der Waals surface area contributed by atoms with E-state index < -0.39 is 34.1 Å². The SMILES string of the molecule is O=C(NC(=O)c1c(F)cccc1F)Nc1cc(Cl)c(Oc2ccc([N+](=O)[O-])cc2Cl)c(Cl)c1. The second kappa shape index (κ2) is 9.99. The van der Waals surface area contributed by atoms with E-state index in [4.69, 9.17) is 39.5 Å². The molecule has 33 heavy (non-hydrogen) atoms. The first-order valence-corrected chi connectivity index (χ1v) is 9.87. The zero-order chi connectivity index (χ0) is 24.3. The molecule has 3 amide bonds. The van der Waals surface area contributed by atoms with Gasteiger partial charge in [-0.25, -0.2) is 13.6 Å². The maximum absolute atomic E-state index is 13.7. The number of urea groups is 1. The van der Waals surface area contributed by atoms with E-state index in [0.29, 0.717) is 0 Å². The largest absolute Gasteiger partial charge is 0.453 e. The van der Waals surface area contributed by atoms with Gasteiger partial charge in [0.05, 0.1) is 20.0 Å². The van der Waals surface area contributed by atoms with Crippen LogP contribution in [-0.4, -0.2) is 16.9 Å². The maximum Gasteiger partial charge on any atom is 0.326 e. The molecular weight excluding hydrogens is 507 g/mol. The molecule has 0 unspecified atom stereocenters. The van der Waals surface area contributed by atoms with E-state index in [1.54, 1.807) is 5.32 Å². The number of carbonyl (C=O) groups excluding carboxylic acids is 2. The van der Waals surface area contributed by atoms with Crippen molar-refractivity contribution in [1.29, 1.82) is 0 Å². The van der Waals surface area contributed by atoms with Crippen LogP contribution in [0.15, 0.2) is 48.5 Å². The van der Waals surface area contributed by atoms with Crippen LogP contribution in [0.1, 0.15) is 10.4 Å². The van der Waals surface area contributed by atoms with E-state index >= 15 is 0 Å². The smallest absolute Gasteiger partial charge is 0.326 e. The van der Waals surface area contributed by atoms with Gasteiger partial charge in [0, 0.05) is 17.8 Å². The number of carbonyl (C=O) groups is 2. The van der Waals surface area contributed by atoms with E-state index in [0.717, 1.165) is 24.3 Å². The van der Waals surface area contributed by atoms with E-state index in [-0.39, 0.29) is 37.9 Å². The molecule has 0 saturated carbocycles. The molecule has 3 rings (SSSR count). The fourth-order valence-electron chi connectivity index (χ4n) is 2.57. The Kier molecular flexibility index (Phi) is 7.32. The lowest BCUT2D eigenvalue weighted by atomic mass is 10.2. The monoisotopic (exact) mass is 515 g/mol. The molecule has 0 spiro atoms. The number of rotatable bonds is 5. The number of halogens is 5. The summed E-state index contributed by atoms with van der Waals surface area (Å²) < 4.78 is 32.9. The third kappa shape index (κ3) is 5.67. The van der Waals surface area contributed by atoms with Crippen LogP contribution in [0.4, 0.5) is 25.0 Å². The number of non-ortho nitro benzene ring substituents is 1. The summed E-state index contributed by atoms with van der Waals surface area (Å²) in [5, 5.41) is 14.6. The molecule has 3 aromatic carbocycles. The average Bonchev–Trinajstić information content (AvgIpc) is 2.71. The van der Waals surface area contributed by atoms with Gasteiger partial charge >= 0.3 is 6.03 Å². The standard InChI is InChI=1S/C20H10Cl3F2N3O5/c21-11-8-10(28(31)32)4-5-16(11)33-18-12(22)6-9(7-13(18)23)26-20(30)27-19(29)17-14(24)2-1-3-15(17)25/h1-8H,(H2,26,27,29,30). The highest BCUT2D eigenvalue weighted by molar-refractivity contribution is 6.38. The number of imide groups is 1. The summed E-state index contributed by atoms with van der Waals surface area (Å²) in [5.41, 5.74) is -1.15. The van der Waals surface area contributed by atoms with Gasteiger partial charge in [-0.3, -0.25) is 20.2 Å². The molecule has 8 nitrogen and oxygen atoms in total. The summed E-state index contributed by atoms with van der Waals surface area (Å²) in [6, 6.07) is 7.62. The summed E-state index contributed by atoms with van der Waals surface area (Å²) in [4.78, 5) is 34.2. The van der Waals surface area contributed by atoms with Gasteiger partial charge in [0.1, 0.15) is 22.9 Å². The van der Waals surface area contributed by atoms with Crippen LogP contribution >= 0.6 is 34.8 Å². The molecule has 0 heterocycles. The van der Waals surface area contributed by atoms with Gasteiger partial charge in [0.2, 0.25) is 0 Å². The Bertz CT molecular complexity index is 1250. The molecule has 3 aromatic rings. The van der Waals surface area contributed by atoms with E-state index in [2.05, 4.69) is 5.32 Å². The Hall–Kier alpha value is -3.47. The van der Waals surface area contributed by atoms with Crippen LogP contribution in [-0.2, 0) is 0 Å². The normalized spacial score (nSPS) is 10.5. The Morgan fingerprint density at radius 2 is 1.55 bits per heavy atom. The molecule has 0 atom stereocenters. The van der Waals surface area contributed by atoms with Crippen molar-refractivity contribution in [2.24, 2.45) is 0 Å². The van der Waals surface area contributed by atoms with Crippen molar-refractivity contribution in [2.75, 3.05) is 5.32 Å². The van der Waals surface area contributed by atoms with Gasteiger partial charge in [0.25, 0.3) is 11.6 Å². The fourth-order valence-corrected chi connectivity index (χ4v) is 3.35. The highest BCUT2D eigenvalue weighted by Gasteiger charge is 2.20. The molecule has 0 aliphatic rings. The zero-order valence-corrected chi connectivity index (χ0v) is 18.3. The summed E-state index contributed by atoms with van der Waals surface area (Å²) >= 11 is 18.3. The first-order valence-electron chi connectivity index (χ1n) is 8.74. The highest BCUT2D eigenvalue weighted by atomic mass is 35.5. The van der Waals surface area contributed by atoms with Gasteiger partial charge in [-0.15, -0.1) is 0 Å². The average molecular weight is 517 g/mol. The van der Waals surface area contributed by atoms with Crippen LogP contribution in [0, 0.1) is 21.7 Å². The number of nitrogens with one attached hydrogen (secondary N) is 2. The lowest BCUT2D eigenvalue weighted by molar-refractivity contribution is -0.384. The number of nitro groups is 1. The third-order valence-corrected chi connectivity index (χ3v) is 4.87. The van der Waals surface area contributed by atoms with Crippen molar-refractivity contribution in [1.82, 2.24) is 5.32 Å². The van der Waals surface area contributed by atoms with E-state index in [1.165, 1.54) is 24.3 Å². The zero-order valence-electron chi connectivity index (χ0n) is 16.0. The minimum Gasteiger partial charge on any atom is -0.453 e. The van der Waals surface area contributed by atoms with Crippen molar-refractivity contribution in [3.63, 3.8) is 0 Å². The Morgan fingerprint density at radius 1 is 0.939 bits per heavy atom. The summed E-state index contributed by atoms with van der Waals surface area (Å²) in [7, 11) is 0. The maximum atomic E-state index is 13.7. The Labute approximate surface area is 199 Å². The number of benzene rings is 3. The molecule has 2 N–H and O–H groups in total. The molecule has 0 fully saturated rings. The summed E-state index contributed by atoms with van der Waals surface area (Å²) in [6.07, 6.45) is 0.